The number of nitrogens with zero attached hydrogens (tertiary/aromatic N) is 2. The molecule has 5 heteroatoms. The summed E-state index contributed by atoms with van der Waals surface area (Å²) in [6, 6.07) is 7.97. The fourth-order valence-electron chi connectivity index (χ4n) is 2.60. The highest BCUT2D eigenvalue weighted by atomic mass is 16.2. The molecule has 0 unspecified atom stereocenters. The summed E-state index contributed by atoms with van der Waals surface area (Å²) >= 11 is 0. The van der Waals surface area contributed by atoms with Gasteiger partial charge in [-0.15, -0.1) is 0 Å². The number of hydrogen-bond acceptors (Lipinski definition) is 2. The van der Waals surface area contributed by atoms with E-state index in [-0.39, 0.29) is 5.91 Å². The summed E-state index contributed by atoms with van der Waals surface area (Å²) in [6.45, 7) is 2.33. The van der Waals surface area contributed by atoms with Crippen LogP contribution in [0.15, 0.2) is 30.5 Å². The van der Waals surface area contributed by atoms with E-state index in [1.54, 1.807) is 4.90 Å². The summed E-state index contributed by atoms with van der Waals surface area (Å²) in [4.78, 5) is 29.4. The van der Waals surface area contributed by atoms with Crippen molar-refractivity contribution in [1.82, 2.24) is 14.8 Å². The second kappa shape index (κ2) is 5.36. The molecule has 0 spiro atoms. The normalized spacial score (nSPS) is 15.6. The first-order chi connectivity index (χ1) is 9.78. The molecule has 0 saturated carbocycles. The van der Waals surface area contributed by atoms with Crippen LogP contribution in [0.25, 0.3) is 10.9 Å². The van der Waals surface area contributed by atoms with E-state index < -0.39 is 0 Å². The smallest absolute Gasteiger partial charge is 0.312 e. The molecule has 5 nitrogen and oxygen atoms in total. The van der Waals surface area contributed by atoms with E-state index in [0.29, 0.717) is 32.6 Å². The lowest BCUT2D eigenvalue weighted by molar-refractivity contribution is -0.131. The Morgan fingerprint density at radius 3 is 2.70 bits per heavy atom. The van der Waals surface area contributed by atoms with Crippen LogP contribution in [0.1, 0.15) is 5.56 Å². The second-order valence-corrected chi connectivity index (χ2v) is 5.00. The summed E-state index contributed by atoms with van der Waals surface area (Å²) in [5, 5.41) is 1.10. The van der Waals surface area contributed by atoms with Crippen LogP contribution in [0.2, 0.25) is 0 Å². The van der Waals surface area contributed by atoms with Crippen molar-refractivity contribution in [3.63, 3.8) is 0 Å². The van der Waals surface area contributed by atoms with Crippen LogP contribution in [0, 0.1) is 0 Å². The molecular weight excluding hydrogens is 254 g/mol. The lowest BCUT2D eigenvalue weighted by Crippen LogP contribution is -2.48. The molecule has 1 aromatic carbocycles. The first-order valence-electron chi connectivity index (χ1n) is 6.73. The summed E-state index contributed by atoms with van der Waals surface area (Å²) in [6.07, 6.45) is 4.17. The van der Waals surface area contributed by atoms with Gasteiger partial charge in [-0.2, -0.15) is 0 Å². The number of carbonyl (C=O) groups excluding carboxylic acids is 2. The van der Waals surface area contributed by atoms with Crippen molar-refractivity contribution in [3.8, 4) is 0 Å². The molecule has 1 aliphatic heterocycles. The largest absolute Gasteiger partial charge is 0.361 e. The molecule has 2 amide bonds. The lowest BCUT2D eigenvalue weighted by Gasteiger charge is -2.32. The first kappa shape index (κ1) is 12.7. The average Bonchev–Trinajstić information content (AvgIpc) is 2.91. The minimum Gasteiger partial charge on any atom is -0.361 e. The Morgan fingerprint density at radius 1 is 1.20 bits per heavy atom. The molecular formula is C15H16N3O2. The van der Waals surface area contributed by atoms with Crippen molar-refractivity contribution in [2.75, 3.05) is 26.2 Å². The van der Waals surface area contributed by atoms with Gasteiger partial charge in [-0.25, -0.2) is 0 Å². The number of aromatic amines is 1. The summed E-state index contributed by atoms with van der Waals surface area (Å²) in [7, 11) is 0. The van der Waals surface area contributed by atoms with Gasteiger partial charge in [0, 0.05) is 43.3 Å². The predicted octanol–water partition coefficient (Wildman–Crippen LogP) is 0.922. The molecule has 2 heterocycles. The van der Waals surface area contributed by atoms with Gasteiger partial charge in [-0.05, 0) is 11.6 Å². The minimum atomic E-state index is 0.111. The highest BCUT2D eigenvalue weighted by molar-refractivity contribution is 5.88. The van der Waals surface area contributed by atoms with Crippen LogP contribution in [0.3, 0.4) is 0 Å². The number of piperazine rings is 1. The Bertz CT molecular complexity index is 627. The average molecular weight is 270 g/mol. The first-order valence-corrected chi connectivity index (χ1v) is 6.73. The van der Waals surface area contributed by atoms with E-state index in [2.05, 4.69) is 4.98 Å². The molecule has 1 N–H and O–H groups in total. The number of nitrogens with one attached hydrogen (secondary N) is 1. The van der Waals surface area contributed by atoms with Crippen molar-refractivity contribution in [3.05, 3.63) is 36.0 Å². The standard InChI is InChI=1S/C15H16N3O2/c19-11-17-5-7-18(8-6-17)15(20)9-12-10-16-14-4-2-1-3-13(12)14/h1-4,10,16H,5-9H2. The number of rotatable bonds is 3. The molecule has 2 aromatic rings. The van der Waals surface area contributed by atoms with Crippen LogP contribution in [-0.4, -0.2) is 53.3 Å². The fourth-order valence-corrected chi connectivity index (χ4v) is 2.60. The maximum Gasteiger partial charge on any atom is 0.312 e. The highest BCUT2D eigenvalue weighted by Gasteiger charge is 2.21. The zero-order chi connectivity index (χ0) is 13.9. The number of benzene rings is 1. The van der Waals surface area contributed by atoms with Crippen molar-refractivity contribution >= 4 is 23.2 Å². The Labute approximate surface area is 117 Å². The highest BCUT2D eigenvalue weighted by Crippen LogP contribution is 2.18. The number of amides is 2. The molecule has 0 aliphatic carbocycles. The molecule has 1 aromatic heterocycles. The van der Waals surface area contributed by atoms with E-state index in [9.17, 15) is 9.59 Å². The van der Waals surface area contributed by atoms with E-state index in [4.69, 9.17) is 0 Å². The van der Waals surface area contributed by atoms with Gasteiger partial charge in [-0.3, -0.25) is 9.59 Å². The van der Waals surface area contributed by atoms with Crippen molar-refractivity contribution in [2.45, 2.75) is 6.42 Å². The van der Waals surface area contributed by atoms with Crippen molar-refractivity contribution < 1.29 is 9.59 Å². The van der Waals surface area contributed by atoms with Crippen molar-refractivity contribution in [2.24, 2.45) is 0 Å². The summed E-state index contributed by atoms with van der Waals surface area (Å²) in [5.41, 5.74) is 2.07. The maximum absolute atomic E-state index is 12.3. The fraction of sp³-hybridized carbons (Fsp3) is 0.333. The van der Waals surface area contributed by atoms with E-state index in [0.717, 1.165) is 16.5 Å². The number of hydrogen-bond donors (Lipinski definition) is 1. The summed E-state index contributed by atoms with van der Waals surface area (Å²) < 4.78 is 0. The SMILES string of the molecule is O=[C]N1CCN(C(=O)Cc2c[nH]c3ccccc23)CC1. The Kier molecular flexibility index (Phi) is 3.41. The van der Waals surface area contributed by atoms with Gasteiger partial charge < -0.3 is 14.8 Å². The molecule has 0 bridgehead atoms. The third kappa shape index (κ3) is 2.39. The molecule has 1 aliphatic rings. The third-order valence-electron chi connectivity index (χ3n) is 3.78. The molecule has 3 rings (SSSR count). The Morgan fingerprint density at radius 2 is 1.95 bits per heavy atom. The topological polar surface area (TPSA) is 56.4 Å². The second-order valence-electron chi connectivity index (χ2n) is 5.00. The van der Waals surface area contributed by atoms with Crippen LogP contribution in [-0.2, 0) is 16.0 Å². The number of fused-ring (bicyclic) bond motifs is 1. The summed E-state index contributed by atoms with van der Waals surface area (Å²) in [5.74, 6) is 0.111. The predicted molar refractivity (Wildman–Crippen MR) is 75.8 cm³/mol. The zero-order valence-corrected chi connectivity index (χ0v) is 11.1. The molecule has 20 heavy (non-hydrogen) atoms. The number of carbonyl (C=O) groups is 1. The molecule has 103 valence electrons. The molecule has 0 atom stereocenters. The van der Waals surface area contributed by atoms with E-state index >= 15 is 0 Å². The monoisotopic (exact) mass is 270 g/mol. The van der Waals surface area contributed by atoms with Gasteiger partial charge >= 0.3 is 6.41 Å². The maximum atomic E-state index is 12.3. The molecule has 1 radical (unpaired) electrons. The van der Waals surface area contributed by atoms with Gasteiger partial charge in [0.05, 0.1) is 6.42 Å². The number of H-pyrrole nitrogens is 1. The van der Waals surface area contributed by atoms with Gasteiger partial charge in [0.2, 0.25) is 5.91 Å². The third-order valence-corrected chi connectivity index (χ3v) is 3.78. The minimum absolute atomic E-state index is 0.111. The zero-order valence-electron chi connectivity index (χ0n) is 11.1. The quantitative estimate of drug-likeness (QED) is 0.901. The van der Waals surface area contributed by atoms with E-state index in [1.165, 1.54) is 0 Å². The van der Waals surface area contributed by atoms with Gasteiger partial charge in [0.15, 0.2) is 0 Å². The van der Waals surface area contributed by atoms with Gasteiger partial charge in [-0.1, -0.05) is 18.2 Å². The van der Waals surface area contributed by atoms with Crippen LogP contribution in [0.5, 0.6) is 0 Å². The lowest BCUT2D eigenvalue weighted by atomic mass is 10.1. The molecule has 1 saturated heterocycles. The Hall–Kier alpha value is -2.30. The van der Waals surface area contributed by atoms with E-state index in [1.807, 2.05) is 41.8 Å². The number of para-hydroxylation sites is 1. The van der Waals surface area contributed by atoms with Gasteiger partial charge in [0.1, 0.15) is 0 Å². The van der Waals surface area contributed by atoms with Crippen LogP contribution >= 0.6 is 0 Å². The number of aromatic nitrogens is 1. The molecule has 1 fully saturated rings. The Balaban J connectivity index is 1.69. The van der Waals surface area contributed by atoms with Gasteiger partial charge in [0.25, 0.3) is 0 Å². The van der Waals surface area contributed by atoms with Crippen LogP contribution in [0.4, 0.5) is 0 Å². The van der Waals surface area contributed by atoms with Crippen molar-refractivity contribution in [1.29, 1.82) is 0 Å². The van der Waals surface area contributed by atoms with Crippen LogP contribution < -0.4 is 0 Å².